The number of nitrogen functional groups attached to an aromatic ring is 1. The Balaban J connectivity index is 2.14. The Bertz CT molecular complexity index is 1090. The molecule has 0 fully saturated rings. The fourth-order valence-corrected chi connectivity index (χ4v) is 3.37. The molecule has 7 heteroatoms. The van der Waals surface area contributed by atoms with Crippen molar-refractivity contribution in [1.82, 2.24) is 4.98 Å². The van der Waals surface area contributed by atoms with Crippen LogP contribution in [0.2, 0.25) is 0 Å². The van der Waals surface area contributed by atoms with Gasteiger partial charge in [0.05, 0.1) is 0 Å². The first-order valence-electron chi connectivity index (χ1n) is 8.11. The summed E-state index contributed by atoms with van der Waals surface area (Å²) in [6, 6.07) is 11.8. The molecule has 6 nitrogen and oxygen atoms in total. The monoisotopic (exact) mass is 370 g/mol. The molecule has 0 aliphatic rings. The van der Waals surface area contributed by atoms with E-state index in [0.29, 0.717) is 17.7 Å². The van der Waals surface area contributed by atoms with Crippen LogP contribution >= 0.6 is 0 Å². The van der Waals surface area contributed by atoms with Gasteiger partial charge in [0.2, 0.25) is 5.78 Å². The third-order valence-corrected chi connectivity index (χ3v) is 5.05. The van der Waals surface area contributed by atoms with E-state index in [1.54, 1.807) is 6.07 Å². The number of carbonyl (C=O) groups is 1. The van der Waals surface area contributed by atoms with Gasteiger partial charge in [0.15, 0.2) is 0 Å². The van der Waals surface area contributed by atoms with Crippen molar-refractivity contribution in [3.05, 3.63) is 65.5 Å². The third kappa shape index (κ3) is 3.31. The van der Waals surface area contributed by atoms with Crippen molar-refractivity contribution in [1.29, 1.82) is 0 Å². The Morgan fingerprint density at radius 3 is 2.54 bits per heavy atom. The van der Waals surface area contributed by atoms with Crippen molar-refractivity contribution in [3.63, 3.8) is 0 Å². The van der Waals surface area contributed by atoms with Crippen LogP contribution in [-0.2, 0) is 16.5 Å². The largest absolute Gasteiger partial charge is 0.398 e. The second-order valence-corrected chi connectivity index (χ2v) is 7.39. The number of benzene rings is 2. The van der Waals surface area contributed by atoms with Gasteiger partial charge in [-0.05, 0) is 35.6 Å². The van der Waals surface area contributed by atoms with Crippen molar-refractivity contribution < 1.29 is 17.8 Å². The Labute approximate surface area is 151 Å². The summed E-state index contributed by atoms with van der Waals surface area (Å²) in [5.41, 5.74) is 8.19. The summed E-state index contributed by atoms with van der Waals surface area (Å²) in [5.74, 6) is -0.340. The first-order chi connectivity index (χ1) is 12.3. The Morgan fingerprint density at radius 1 is 1.19 bits per heavy atom. The van der Waals surface area contributed by atoms with Crippen molar-refractivity contribution in [3.8, 4) is 0 Å². The average Bonchev–Trinajstić information content (AvgIpc) is 2.63. The van der Waals surface area contributed by atoms with Crippen LogP contribution in [0.5, 0.6) is 0 Å². The van der Waals surface area contributed by atoms with Crippen molar-refractivity contribution in [2.24, 2.45) is 0 Å². The van der Waals surface area contributed by atoms with Gasteiger partial charge in [-0.3, -0.25) is 14.3 Å². The van der Waals surface area contributed by atoms with Crippen LogP contribution in [-0.4, -0.2) is 23.7 Å². The summed E-state index contributed by atoms with van der Waals surface area (Å²) >= 11 is 0. The normalized spacial score (nSPS) is 11.6. The molecule has 0 aliphatic heterocycles. The summed E-state index contributed by atoms with van der Waals surface area (Å²) in [5, 5.41) is 1.74. The smallest absolute Gasteiger partial charge is 0.296 e. The summed E-state index contributed by atoms with van der Waals surface area (Å²) in [6.07, 6.45) is 2.42. The van der Waals surface area contributed by atoms with E-state index < -0.39 is 10.1 Å². The molecule has 3 aromatic rings. The SMILES string of the molecule is CCCc1c(C(=O)c2ccc(S(=O)(=O)O)cn2)cc2ccccc2c1N. The lowest BCUT2D eigenvalue weighted by Gasteiger charge is -2.14. The van der Waals surface area contributed by atoms with Crippen LogP contribution in [0.1, 0.15) is 35.0 Å². The highest BCUT2D eigenvalue weighted by atomic mass is 32.2. The van der Waals surface area contributed by atoms with Crippen LogP contribution in [0.25, 0.3) is 10.8 Å². The number of hydrogen-bond donors (Lipinski definition) is 2. The summed E-state index contributed by atoms with van der Waals surface area (Å²) < 4.78 is 31.3. The van der Waals surface area contributed by atoms with E-state index in [1.807, 2.05) is 31.2 Å². The molecule has 0 bridgehead atoms. The predicted molar refractivity (Wildman–Crippen MR) is 99.8 cm³/mol. The average molecular weight is 370 g/mol. The molecule has 26 heavy (non-hydrogen) atoms. The van der Waals surface area contributed by atoms with Crippen LogP contribution in [0.4, 0.5) is 5.69 Å². The first-order valence-corrected chi connectivity index (χ1v) is 9.55. The van der Waals surface area contributed by atoms with Crippen LogP contribution in [0.3, 0.4) is 0 Å². The highest BCUT2D eigenvalue weighted by Gasteiger charge is 2.20. The van der Waals surface area contributed by atoms with E-state index in [2.05, 4.69) is 4.98 Å². The van der Waals surface area contributed by atoms with E-state index >= 15 is 0 Å². The lowest BCUT2D eigenvalue weighted by Crippen LogP contribution is -2.11. The van der Waals surface area contributed by atoms with E-state index in [9.17, 15) is 13.2 Å². The maximum absolute atomic E-state index is 13.0. The number of rotatable bonds is 5. The quantitative estimate of drug-likeness (QED) is 0.405. The van der Waals surface area contributed by atoms with E-state index in [1.165, 1.54) is 6.07 Å². The maximum atomic E-state index is 13.0. The molecule has 3 N–H and O–H groups in total. The number of anilines is 1. The number of ketones is 1. The molecule has 0 saturated heterocycles. The number of hydrogen-bond acceptors (Lipinski definition) is 5. The fourth-order valence-electron chi connectivity index (χ4n) is 2.95. The Kier molecular flexibility index (Phi) is 4.76. The molecular weight excluding hydrogens is 352 g/mol. The zero-order valence-corrected chi connectivity index (χ0v) is 15.0. The molecular formula is C19H18N2O4S. The zero-order chi connectivity index (χ0) is 18.9. The molecule has 1 heterocycles. The fraction of sp³-hybridized carbons (Fsp3) is 0.158. The molecule has 1 aromatic heterocycles. The van der Waals surface area contributed by atoms with Gasteiger partial charge >= 0.3 is 0 Å². The number of aromatic nitrogens is 1. The molecule has 0 aliphatic carbocycles. The minimum Gasteiger partial charge on any atom is -0.398 e. The van der Waals surface area contributed by atoms with Crippen molar-refractivity contribution in [2.75, 3.05) is 5.73 Å². The minimum atomic E-state index is -4.36. The number of pyridine rings is 1. The van der Waals surface area contributed by atoms with Gasteiger partial charge in [0.25, 0.3) is 10.1 Å². The standard InChI is InChI=1S/C19H18N2O4S/c1-2-5-15-16(10-12-6-3-4-7-14(12)18(15)20)19(22)17-9-8-13(11-21-17)26(23,24)25/h3-4,6-11H,2,5,20H2,1H3,(H,23,24,25). The molecule has 0 unspecified atom stereocenters. The van der Waals surface area contributed by atoms with Gasteiger partial charge in [-0.15, -0.1) is 0 Å². The van der Waals surface area contributed by atoms with Crippen molar-refractivity contribution >= 4 is 32.4 Å². The second kappa shape index (κ2) is 6.86. The number of fused-ring (bicyclic) bond motifs is 1. The van der Waals surface area contributed by atoms with Gasteiger partial charge in [0, 0.05) is 22.8 Å². The van der Waals surface area contributed by atoms with Gasteiger partial charge in [-0.2, -0.15) is 8.42 Å². The number of nitrogens with two attached hydrogens (primary N) is 1. The molecule has 0 atom stereocenters. The highest BCUT2D eigenvalue weighted by molar-refractivity contribution is 7.85. The summed E-state index contributed by atoms with van der Waals surface area (Å²) in [7, 11) is -4.36. The van der Waals surface area contributed by atoms with Crippen LogP contribution < -0.4 is 5.73 Å². The first kappa shape index (κ1) is 18.0. The van der Waals surface area contributed by atoms with Crippen LogP contribution in [0.15, 0.2) is 53.6 Å². The number of nitrogens with zero attached hydrogens (tertiary/aromatic N) is 1. The van der Waals surface area contributed by atoms with Gasteiger partial charge in [-0.25, -0.2) is 0 Å². The molecule has 3 rings (SSSR count). The highest BCUT2D eigenvalue weighted by Crippen LogP contribution is 2.30. The Hall–Kier alpha value is -2.77. The van der Waals surface area contributed by atoms with Gasteiger partial charge in [0.1, 0.15) is 10.6 Å². The molecule has 0 saturated carbocycles. The molecule has 2 aromatic carbocycles. The lowest BCUT2D eigenvalue weighted by molar-refractivity contribution is 0.103. The second-order valence-electron chi connectivity index (χ2n) is 5.97. The Morgan fingerprint density at radius 2 is 1.92 bits per heavy atom. The topological polar surface area (TPSA) is 110 Å². The van der Waals surface area contributed by atoms with Crippen molar-refractivity contribution in [2.45, 2.75) is 24.7 Å². The number of carbonyl (C=O) groups excluding carboxylic acids is 1. The lowest BCUT2D eigenvalue weighted by atomic mass is 9.92. The maximum Gasteiger partial charge on any atom is 0.296 e. The summed E-state index contributed by atoms with van der Waals surface area (Å²) in [4.78, 5) is 16.5. The van der Waals surface area contributed by atoms with E-state index in [4.69, 9.17) is 10.3 Å². The molecule has 0 radical (unpaired) electrons. The molecule has 0 spiro atoms. The van der Waals surface area contributed by atoms with Crippen LogP contribution in [0, 0.1) is 0 Å². The van der Waals surface area contributed by atoms with E-state index in [-0.39, 0.29) is 16.4 Å². The van der Waals surface area contributed by atoms with Gasteiger partial charge < -0.3 is 5.73 Å². The predicted octanol–water partition coefficient (Wildman–Crippen LogP) is 3.25. The minimum absolute atomic E-state index is 0.0874. The molecule has 0 amide bonds. The summed E-state index contributed by atoms with van der Waals surface area (Å²) in [6.45, 7) is 2.00. The zero-order valence-electron chi connectivity index (χ0n) is 14.1. The molecule has 134 valence electrons. The van der Waals surface area contributed by atoms with Gasteiger partial charge in [-0.1, -0.05) is 37.6 Å². The van der Waals surface area contributed by atoms with E-state index in [0.717, 1.165) is 35.0 Å². The third-order valence-electron chi connectivity index (χ3n) is 4.21.